The van der Waals surface area contributed by atoms with E-state index >= 15 is 0 Å². The maximum absolute atomic E-state index is 11.9. The number of hydrogen-bond acceptors (Lipinski definition) is 8. The van der Waals surface area contributed by atoms with Gasteiger partial charge in [-0.2, -0.15) is 0 Å². The van der Waals surface area contributed by atoms with Crippen molar-refractivity contribution in [1.29, 1.82) is 0 Å². The van der Waals surface area contributed by atoms with Gasteiger partial charge in [0.2, 0.25) is 0 Å². The van der Waals surface area contributed by atoms with Crippen LogP contribution in [-0.4, -0.2) is 106 Å². The molecule has 2 aliphatic heterocycles. The molecule has 196 valence electrons. The van der Waals surface area contributed by atoms with Gasteiger partial charge >= 0.3 is 12.2 Å². The predicted octanol–water partition coefficient (Wildman–Crippen LogP) is 2.29. The van der Waals surface area contributed by atoms with Crippen molar-refractivity contribution in [3.8, 4) is 0 Å². The van der Waals surface area contributed by atoms with Crippen LogP contribution in [0, 0.1) is 0 Å². The molecule has 2 saturated heterocycles. The number of carbonyl (C=O) groups is 2. The summed E-state index contributed by atoms with van der Waals surface area (Å²) in [7, 11) is 0. The summed E-state index contributed by atoms with van der Waals surface area (Å²) < 4.78 is 22.0. The van der Waals surface area contributed by atoms with E-state index in [9.17, 15) is 19.8 Å². The van der Waals surface area contributed by atoms with Gasteiger partial charge < -0.3 is 39.0 Å². The number of ether oxygens (including phenoxy) is 4. The maximum atomic E-state index is 11.9. The molecule has 2 amide bonds. The van der Waals surface area contributed by atoms with E-state index in [1.807, 2.05) is 41.5 Å². The monoisotopic (exact) mass is 486 g/mol. The molecule has 2 aliphatic carbocycles. The van der Waals surface area contributed by atoms with E-state index in [-0.39, 0.29) is 35.6 Å². The molecule has 0 aromatic heterocycles. The Hall–Kier alpha value is -1.62. The lowest BCUT2D eigenvalue weighted by Gasteiger charge is -2.50. The number of morpholine rings is 2. The Labute approximate surface area is 202 Å². The third kappa shape index (κ3) is 7.19. The van der Waals surface area contributed by atoms with Gasteiger partial charge in [0.05, 0.1) is 49.7 Å². The van der Waals surface area contributed by atoms with Crippen LogP contribution in [0.2, 0.25) is 0 Å². The van der Waals surface area contributed by atoms with Crippen LogP contribution in [-0.2, 0) is 18.9 Å². The highest BCUT2D eigenvalue weighted by Gasteiger charge is 2.50. The van der Waals surface area contributed by atoms with Crippen LogP contribution in [0.15, 0.2) is 0 Å². The minimum atomic E-state index is -0.471. The van der Waals surface area contributed by atoms with Crippen molar-refractivity contribution in [2.75, 3.05) is 39.4 Å². The van der Waals surface area contributed by atoms with Gasteiger partial charge in [-0.05, 0) is 41.5 Å². The van der Waals surface area contributed by atoms with Crippen LogP contribution >= 0.6 is 0 Å². The molecule has 4 aliphatic rings. The predicted molar refractivity (Wildman–Crippen MR) is 123 cm³/mol. The number of aliphatic hydroxyl groups is 2. The average Bonchev–Trinajstić information content (AvgIpc) is 2.64. The van der Waals surface area contributed by atoms with E-state index in [2.05, 4.69) is 0 Å². The molecule has 2 spiro atoms. The van der Waals surface area contributed by atoms with Gasteiger partial charge in [-0.15, -0.1) is 0 Å². The molecular formula is C24H42N2O8. The number of hydrogen-bond donors (Lipinski definition) is 2. The first-order valence-corrected chi connectivity index (χ1v) is 12.2. The zero-order valence-corrected chi connectivity index (χ0v) is 21.5. The van der Waals surface area contributed by atoms with Gasteiger partial charge in [0, 0.05) is 38.8 Å². The molecular weight excluding hydrogens is 444 g/mol. The van der Waals surface area contributed by atoms with E-state index in [0.717, 1.165) is 0 Å². The summed E-state index contributed by atoms with van der Waals surface area (Å²) in [6, 6.07) is 0. The molecule has 0 atom stereocenters. The molecule has 2 heterocycles. The smallest absolute Gasteiger partial charge is 0.410 e. The Morgan fingerprint density at radius 1 is 0.735 bits per heavy atom. The second-order valence-electron chi connectivity index (χ2n) is 12.0. The highest BCUT2D eigenvalue weighted by molar-refractivity contribution is 5.69. The molecule has 4 fully saturated rings. The summed E-state index contributed by atoms with van der Waals surface area (Å²) >= 11 is 0. The minimum Gasteiger partial charge on any atom is -0.444 e. The second kappa shape index (κ2) is 9.79. The highest BCUT2D eigenvalue weighted by Crippen LogP contribution is 2.39. The van der Waals surface area contributed by atoms with E-state index in [1.54, 1.807) is 9.80 Å². The van der Waals surface area contributed by atoms with Gasteiger partial charge in [0.1, 0.15) is 11.2 Å². The van der Waals surface area contributed by atoms with Crippen LogP contribution in [0.5, 0.6) is 0 Å². The summed E-state index contributed by atoms with van der Waals surface area (Å²) in [4.78, 5) is 27.2. The summed E-state index contributed by atoms with van der Waals surface area (Å²) in [6.07, 6.45) is 1.32. The molecule has 0 unspecified atom stereocenters. The largest absolute Gasteiger partial charge is 0.444 e. The van der Waals surface area contributed by atoms with Crippen LogP contribution in [0.4, 0.5) is 9.59 Å². The van der Waals surface area contributed by atoms with Gasteiger partial charge in [-0.3, -0.25) is 0 Å². The first-order chi connectivity index (χ1) is 15.6. The number of rotatable bonds is 0. The lowest BCUT2D eigenvalue weighted by Crippen LogP contribution is -2.61. The highest BCUT2D eigenvalue weighted by atomic mass is 16.6. The molecule has 2 N–H and O–H groups in total. The van der Waals surface area contributed by atoms with Crippen molar-refractivity contribution in [1.82, 2.24) is 9.80 Å². The second-order valence-corrected chi connectivity index (χ2v) is 12.0. The number of carbonyl (C=O) groups excluding carboxylic acids is 2. The van der Waals surface area contributed by atoms with Crippen molar-refractivity contribution < 1.29 is 38.7 Å². The summed E-state index contributed by atoms with van der Waals surface area (Å²) in [5.41, 5.74) is -1.59. The minimum absolute atomic E-state index is 0.284. The van der Waals surface area contributed by atoms with Crippen LogP contribution in [0.3, 0.4) is 0 Å². The van der Waals surface area contributed by atoms with Crippen LogP contribution in [0.1, 0.15) is 67.2 Å². The SMILES string of the molecule is CC(C)(C)OC(=O)N1CCOC2(CC(O)C2)C1.CC(C)(C)OC(=O)N1CCOC2(CC(O)C2)C1. The lowest BCUT2D eigenvalue weighted by atomic mass is 9.76. The average molecular weight is 487 g/mol. The van der Waals surface area contributed by atoms with Crippen LogP contribution < -0.4 is 0 Å². The topological polar surface area (TPSA) is 118 Å². The molecule has 4 rings (SSSR count). The fourth-order valence-corrected chi connectivity index (χ4v) is 4.75. The Morgan fingerprint density at radius 2 is 1.06 bits per heavy atom. The number of nitrogens with zero attached hydrogens (tertiary/aromatic N) is 2. The number of aliphatic hydroxyl groups excluding tert-OH is 2. The fraction of sp³-hybridized carbons (Fsp3) is 0.917. The third-order valence-corrected chi connectivity index (χ3v) is 6.23. The number of amides is 2. The first kappa shape index (κ1) is 27.0. The Morgan fingerprint density at radius 3 is 1.32 bits per heavy atom. The Kier molecular flexibility index (Phi) is 7.77. The standard InChI is InChI=1S/2C12H21NO4/c2*1-11(2,3)17-10(15)13-4-5-16-12(8-13)6-9(14)7-12/h2*9,14H,4-8H2,1-3H3. The summed E-state index contributed by atoms with van der Waals surface area (Å²) in [6.45, 7) is 14.3. The van der Waals surface area contributed by atoms with Crippen molar-refractivity contribution in [3.63, 3.8) is 0 Å². The Bertz CT molecular complexity index is 659. The Balaban J connectivity index is 0.000000191. The van der Waals surface area contributed by atoms with E-state index in [1.165, 1.54) is 0 Å². The van der Waals surface area contributed by atoms with Crippen molar-refractivity contribution in [2.24, 2.45) is 0 Å². The zero-order chi connectivity index (χ0) is 25.4. The van der Waals surface area contributed by atoms with Crippen molar-refractivity contribution in [2.45, 2.75) is 102 Å². The van der Waals surface area contributed by atoms with E-state index in [4.69, 9.17) is 18.9 Å². The molecule has 10 nitrogen and oxygen atoms in total. The van der Waals surface area contributed by atoms with E-state index in [0.29, 0.717) is 65.1 Å². The van der Waals surface area contributed by atoms with Gasteiger partial charge in [-0.25, -0.2) is 9.59 Å². The molecule has 0 radical (unpaired) electrons. The molecule has 34 heavy (non-hydrogen) atoms. The molecule has 0 bridgehead atoms. The van der Waals surface area contributed by atoms with Crippen molar-refractivity contribution >= 4 is 12.2 Å². The third-order valence-electron chi connectivity index (χ3n) is 6.23. The molecule has 0 aromatic carbocycles. The van der Waals surface area contributed by atoms with Gasteiger partial charge in [-0.1, -0.05) is 0 Å². The molecule has 10 heteroatoms. The van der Waals surface area contributed by atoms with E-state index < -0.39 is 11.2 Å². The quantitative estimate of drug-likeness (QED) is 0.536. The molecule has 0 aromatic rings. The maximum Gasteiger partial charge on any atom is 0.410 e. The first-order valence-electron chi connectivity index (χ1n) is 12.2. The summed E-state index contributed by atoms with van der Waals surface area (Å²) in [5, 5.41) is 18.7. The molecule has 2 saturated carbocycles. The summed E-state index contributed by atoms with van der Waals surface area (Å²) in [5.74, 6) is 0. The van der Waals surface area contributed by atoms with Gasteiger partial charge in [0.25, 0.3) is 0 Å². The van der Waals surface area contributed by atoms with Crippen LogP contribution in [0.25, 0.3) is 0 Å². The van der Waals surface area contributed by atoms with Gasteiger partial charge in [0.15, 0.2) is 0 Å². The lowest BCUT2D eigenvalue weighted by molar-refractivity contribution is -0.188. The normalized spacial score (nSPS) is 33.4. The zero-order valence-electron chi connectivity index (χ0n) is 21.5. The fourth-order valence-electron chi connectivity index (χ4n) is 4.75. The van der Waals surface area contributed by atoms with Crippen molar-refractivity contribution in [3.05, 3.63) is 0 Å².